The van der Waals surface area contributed by atoms with Gasteiger partial charge in [-0.3, -0.25) is 9.69 Å². The Hall–Kier alpha value is -4.97. The van der Waals surface area contributed by atoms with E-state index >= 15 is 0 Å². The third-order valence-electron chi connectivity index (χ3n) is 8.62. The fourth-order valence-corrected chi connectivity index (χ4v) is 7.49. The Morgan fingerprint density at radius 1 is 1.09 bits per heavy atom. The quantitative estimate of drug-likeness (QED) is 0.140. The molecule has 1 unspecified atom stereocenters. The SMILES string of the molecule is CCN1CC(c2nnc(-c3ccc4c(c3)N(Cc3ccc(/C(N)=N/OC(=O)C(C)(C)C)cc3)C(=O)[C@@H](NC(=O)OC(C)(C)C)CS4(=O)=O)o2)CC(F)(F)C1. The van der Waals surface area contributed by atoms with Gasteiger partial charge in [0, 0.05) is 24.1 Å². The van der Waals surface area contributed by atoms with E-state index in [1.807, 2.05) is 0 Å². The van der Waals surface area contributed by atoms with Crippen molar-refractivity contribution in [3.63, 3.8) is 0 Å². The number of aromatic nitrogens is 2. The minimum Gasteiger partial charge on any atom is -0.444 e. The number of amidine groups is 1. The number of amides is 2. The molecule has 15 nitrogen and oxygen atoms in total. The average molecular weight is 774 g/mol. The van der Waals surface area contributed by atoms with Gasteiger partial charge in [0.2, 0.25) is 11.8 Å². The minimum atomic E-state index is -4.21. The summed E-state index contributed by atoms with van der Waals surface area (Å²) >= 11 is 0. The smallest absolute Gasteiger partial charge is 0.408 e. The van der Waals surface area contributed by atoms with Crippen molar-refractivity contribution in [2.24, 2.45) is 16.3 Å². The number of nitrogens with one attached hydrogen (secondary N) is 1. The molecule has 0 aliphatic carbocycles. The second-order valence-corrected chi connectivity index (χ2v) is 17.4. The number of rotatable bonds is 8. The van der Waals surface area contributed by atoms with Gasteiger partial charge < -0.3 is 29.9 Å². The van der Waals surface area contributed by atoms with E-state index in [1.54, 1.807) is 77.6 Å². The van der Waals surface area contributed by atoms with Gasteiger partial charge in [-0.25, -0.2) is 26.8 Å². The van der Waals surface area contributed by atoms with E-state index in [1.165, 1.54) is 23.1 Å². The Labute approximate surface area is 312 Å². The van der Waals surface area contributed by atoms with Gasteiger partial charge in [0.25, 0.3) is 11.8 Å². The number of oxime groups is 1. The average Bonchev–Trinajstić information content (AvgIpc) is 3.55. The van der Waals surface area contributed by atoms with Crippen LogP contribution in [0.25, 0.3) is 11.5 Å². The predicted molar refractivity (Wildman–Crippen MR) is 193 cm³/mol. The van der Waals surface area contributed by atoms with Crippen molar-refractivity contribution in [2.75, 3.05) is 30.3 Å². The van der Waals surface area contributed by atoms with Crippen LogP contribution in [0.15, 0.2) is 56.9 Å². The minimum absolute atomic E-state index is 0.0102. The summed E-state index contributed by atoms with van der Waals surface area (Å²) < 4.78 is 67.9. The summed E-state index contributed by atoms with van der Waals surface area (Å²) in [6.07, 6.45) is -1.46. The first-order valence-corrected chi connectivity index (χ1v) is 19.0. The van der Waals surface area contributed by atoms with Crippen LogP contribution in [0, 0.1) is 5.41 Å². The van der Waals surface area contributed by atoms with Gasteiger partial charge in [0.1, 0.15) is 11.6 Å². The molecule has 2 aromatic carbocycles. The summed E-state index contributed by atoms with van der Waals surface area (Å²) in [4.78, 5) is 46.8. The van der Waals surface area contributed by atoms with Crippen LogP contribution >= 0.6 is 0 Å². The summed E-state index contributed by atoms with van der Waals surface area (Å²) in [6.45, 7) is 11.8. The van der Waals surface area contributed by atoms with Crippen LogP contribution in [0.1, 0.15) is 77.8 Å². The maximum absolute atomic E-state index is 14.5. The Bertz CT molecular complexity index is 2040. The Kier molecular flexibility index (Phi) is 11.2. The summed E-state index contributed by atoms with van der Waals surface area (Å²) in [7, 11) is -4.21. The number of halogens is 2. The second-order valence-electron chi connectivity index (χ2n) is 15.4. The first-order chi connectivity index (χ1) is 25.0. The van der Waals surface area contributed by atoms with Crippen LogP contribution in [0.4, 0.5) is 19.3 Å². The zero-order valence-electron chi connectivity index (χ0n) is 31.2. The molecule has 18 heteroatoms. The number of alkyl halides is 2. The van der Waals surface area contributed by atoms with Crippen molar-refractivity contribution in [1.82, 2.24) is 20.4 Å². The molecule has 292 valence electrons. The van der Waals surface area contributed by atoms with Crippen LogP contribution in [-0.4, -0.2) is 90.3 Å². The fourth-order valence-electron chi connectivity index (χ4n) is 5.89. The molecule has 0 radical (unpaired) electrons. The van der Waals surface area contributed by atoms with Crippen LogP contribution in [0.2, 0.25) is 0 Å². The van der Waals surface area contributed by atoms with Crippen molar-refractivity contribution in [3.8, 4) is 11.5 Å². The van der Waals surface area contributed by atoms with E-state index in [9.17, 15) is 31.6 Å². The molecule has 1 aromatic heterocycles. The molecular formula is C36H45F2N7O8S. The first-order valence-electron chi connectivity index (χ1n) is 17.3. The van der Waals surface area contributed by atoms with Crippen molar-refractivity contribution in [1.29, 1.82) is 0 Å². The molecule has 3 aromatic rings. The molecule has 54 heavy (non-hydrogen) atoms. The first kappa shape index (κ1) is 40.2. The van der Waals surface area contributed by atoms with Crippen molar-refractivity contribution < 1.29 is 45.6 Å². The zero-order chi connectivity index (χ0) is 39.8. The number of carbonyl (C=O) groups is 3. The molecule has 3 N–H and O–H groups in total. The molecule has 0 saturated carbocycles. The summed E-state index contributed by atoms with van der Waals surface area (Å²) in [5.41, 5.74) is 5.44. The molecule has 1 fully saturated rings. The number of likely N-dealkylation sites (tertiary alicyclic amines) is 1. The number of benzene rings is 2. The molecule has 5 rings (SSSR count). The van der Waals surface area contributed by atoms with Gasteiger partial charge >= 0.3 is 12.1 Å². The summed E-state index contributed by atoms with van der Waals surface area (Å²) in [6, 6.07) is 9.00. The van der Waals surface area contributed by atoms with E-state index in [-0.39, 0.29) is 46.9 Å². The van der Waals surface area contributed by atoms with Crippen LogP contribution in [0.5, 0.6) is 0 Å². The lowest BCUT2D eigenvalue weighted by molar-refractivity contribution is -0.152. The van der Waals surface area contributed by atoms with Crippen LogP contribution in [-0.2, 0) is 35.5 Å². The topological polar surface area (TPSA) is 200 Å². The van der Waals surface area contributed by atoms with Gasteiger partial charge in [-0.15, -0.1) is 10.2 Å². The normalized spacial score (nSPS) is 20.5. The third-order valence-corrected chi connectivity index (χ3v) is 10.4. The largest absolute Gasteiger partial charge is 0.444 e. The third kappa shape index (κ3) is 9.57. The highest BCUT2D eigenvalue weighted by Crippen LogP contribution is 2.38. The number of piperidine rings is 1. The summed E-state index contributed by atoms with van der Waals surface area (Å²) in [5, 5.41) is 14.3. The number of nitrogens with zero attached hydrogens (tertiary/aromatic N) is 5. The Morgan fingerprint density at radius 3 is 2.41 bits per heavy atom. The van der Waals surface area contributed by atoms with Crippen molar-refractivity contribution in [3.05, 3.63) is 59.5 Å². The van der Waals surface area contributed by atoms with E-state index < -0.39 is 68.9 Å². The zero-order valence-corrected chi connectivity index (χ0v) is 32.0. The van der Waals surface area contributed by atoms with Crippen LogP contribution in [0.3, 0.4) is 0 Å². The molecule has 2 atom stereocenters. The number of ether oxygens (including phenoxy) is 1. The number of likely N-dealkylation sites (N-methyl/N-ethyl adjacent to an activating group) is 1. The number of alkyl carbamates (subject to hydrolysis) is 1. The lowest BCUT2D eigenvalue weighted by Crippen LogP contribution is -2.51. The van der Waals surface area contributed by atoms with Gasteiger partial charge in [0.15, 0.2) is 15.7 Å². The van der Waals surface area contributed by atoms with E-state index in [0.29, 0.717) is 24.2 Å². The molecule has 2 aliphatic rings. The lowest BCUT2D eigenvalue weighted by atomic mass is 9.95. The predicted octanol–water partition coefficient (Wildman–Crippen LogP) is 4.60. The molecule has 2 amide bonds. The number of hydrogen-bond acceptors (Lipinski definition) is 12. The molecule has 1 saturated heterocycles. The number of anilines is 1. The maximum Gasteiger partial charge on any atom is 0.408 e. The van der Waals surface area contributed by atoms with E-state index in [4.69, 9.17) is 19.7 Å². The fraction of sp³-hybridized carbons (Fsp3) is 0.500. The molecule has 3 heterocycles. The van der Waals surface area contributed by atoms with Gasteiger partial charge in [-0.1, -0.05) is 36.3 Å². The van der Waals surface area contributed by atoms with E-state index in [2.05, 4.69) is 20.7 Å². The standard InChI is InChI=1S/C36H45F2N7O8S/c1-8-44-18-24(16-36(37,38)20-44)30-42-41-29(51-30)23-13-14-27-26(15-23)45(31(46)25(19-54(27,49)50)40-33(48)52-35(5,6)7)17-21-9-11-22(12-10-21)28(39)43-53-32(47)34(2,3)4/h9-15,24-25H,8,16-20H2,1-7H3,(H2,39,43)(H,40,48)/t24?,25-/m0/s1. The lowest BCUT2D eigenvalue weighted by Gasteiger charge is -2.35. The molecular weight excluding hydrogens is 729 g/mol. The monoisotopic (exact) mass is 773 g/mol. The molecule has 2 aliphatic heterocycles. The summed E-state index contributed by atoms with van der Waals surface area (Å²) in [5.74, 6) is -5.92. The number of hydrogen-bond donors (Lipinski definition) is 2. The second kappa shape index (κ2) is 15.0. The highest BCUT2D eigenvalue weighted by atomic mass is 32.2. The van der Waals surface area contributed by atoms with Gasteiger partial charge in [0.05, 0.1) is 40.8 Å². The number of sulfone groups is 1. The number of carbonyl (C=O) groups excluding carboxylic acids is 3. The Balaban J connectivity index is 1.50. The number of fused-ring (bicyclic) bond motifs is 1. The highest BCUT2D eigenvalue weighted by molar-refractivity contribution is 7.91. The number of nitrogens with two attached hydrogens (primary N) is 1. The Morgan fingerprint density at radius 2 is 1.78 bits per heavy atom. The van der Waals surface area contributed by atoms with Gasteiger partial charge in [-0.05, 0) is 71.8 Å². The van der Waals surface area contributed by atoms with E-state index in [0.717, 1.165) is 0 Å². The van der Waals surface area contributed by atoms with Crippen molar-refractivity contribution in [2.45, 2.75) is 89.8 Å². The molecule has 0 spiro atoms. The van der Waals surface area contributed by atoms with Crippen molar-refractivity contribution >= 4 is 39.3 Å². The highest BCUT2D eigenvalue weighted by Gasteiger charge is 2.43. The molecule has 0 bridgehead atoms. The van der Waals surface area contributed by atoms with Gasteiger partial charge in [-0.2, -0.15) is 0 Å². The van der Waals surface area contributed by atoms with Crippen LogP contribution < -0.4 is 16.0 Å². The maximum atomic E-state index is 14.5.